The second kappa shape index (κ2) is 11.1. The summed E-state index contributed by atoms with van der Waals surface area (Å²) < 4.78 is 19.5. The van der Waals surface area contributed by atoms with Crippen LogP contribution in [0.4, 0.5) is 0 Å². The normalized spacial score (nSPS) is 19.1. The van der Waals surface area contributed by atoms with Gasteiger partial charge in [0.2, 0.25) is 0 Å². The van der Waals surface area contributed by atoms with Crippen molar-refractivity contribution in [3.05, 3.63) is 70.2 Å². The molecule has 2 atom stereocenters. The van der Waals surface area contributed by atoms with Crippen LogP contribution in [0.2, 0.25) is 0 Å². The molecule has 1 saturated heterocycles. The molecule has 0 amide bonds. The van der Waals surface area contributed by atoms with E-state index < -0.39 is 6.04 Å². The lowest BCUT2D eigenvalue weighted by molar-refractivity contribution is 0.0541. The third kappa shape index (κ3) is 5.10. The molecule has 2 aliphatic rings. The number of rotatable bonds is 10. The summed E-state index contributed by atoms with van der Waals surface area (Å²) in [4.78, 5) is 19.0. The number of benzene rings is 1. The summed E-state index contributed by atoms with van der Waals surface area (Å²) >= 11 is 0. The maximum absolute atomic E-state index is 13.7. The molecule has 4 aromatic rings. The highest BCUT2D eigenvalue weighted by Crippen LogP contribution is 2.35. The Bertz CT molecular complexity index is 1400. The van der Waals surface area contributed by atoms with E-state index >= 15 is 0 Å². The minimum atomic E-state index is -0.496. The van der Waals surface area contributed by atoms with Gasteiger partial charge in [-0.2, -0.15) is 0 Å². The van der Waals surface area contributed by atoms with Crippen molar-refractivity contribution in [1.29, 1.82) is 0 Å². The first-order valence-corrected chi connectivity index (χ1v) is 13.6. The van der Waals surface area contributed by atoms with E-state index in [1.807, 2.05) is 48.0 Å². The van der Waals surface area contributed by atoms with Gasteiger partial charge in [-0.05, 0) is 79.4 Å². The molecule has 1 aliphatic heterocycles. The van der Waals surface area contributed by atoms with E-state index in [0.29, 0.717) is 31.1 Å². The molecule has 2 fully saturated rings. The molecule has 0 bridgehead atoms. The van der Waals surface area contributed by atoms with Gasteiger partial charge in [-0.15, -0.1) is 5.10 Å². The van der Waals surface area contributed by atoms with Crippen LogP contribution in [0.5, 0.6) is 5.75 Å². The average molecular weight is 519 g/mol. The van der Waals surface area contributed by atoms with E-state index in [2.05, 4.69) is 25.4 Å². The number of hydrogen-bond donors (Lipinski definition) is 1. The number of aromatic amines is 1. The lowest BCUT2D eigenvalue weighted by atomic mass is 10.0. The summed E-state index contributed by atoms with van der Waals surface area (Å²) in [5.41, 5.74) is 1.18. The average Bonchev–Trinajstić information content (AvgIpc) is 3.73. The SMILES string of the molecule is CCOc1ccc2[nH]c(=O)c(C(c3nnnn3C3CCCC3)N(Cc3ccco3)CC3CCCO3)cc2c1. The Hall–Kier alpha value is -3.50. The maximum atomic E-state index is 13.7. The Balaban J connectivity index is 1.49. The van der Waals surface area contributed by atoms with Crippen molar-refractivity contribution in [2.75, 3.05) is 19.8 Å². The van der Waals surface area contributed by atoms with E-state index in [1.54, 1.807) is 6.26 Å². The first-order chi connectivity index (χ1) is 18.7. The molecule has 2 unspecified atom stereocenters. The summed E-state index contributed by atoms with van der Waals surface area (Å²) in [6.45, 7) is 4.39. The Morgan fingerprint density at radius 2 is 2.08 bits per heavy atom. The number of pyridine rings is 1. The summed E-state index contributed by atoms with van der Waals surface area (Å²) in [5, 5.41) is 14.0. The van der Waals surface area contributed by atoms with Gasteiger partial charge in [-0.3, -0.25) is 9.69 Å². The molecule has 1 aliphatic carbocycles. The van der Waals surface area contributed by atoms with Crippen LogP contribution in [0.15, 0.2) is 51.9 Å². The predicted octanol–water partition coefficient (Wildman–Crippen LogP) is 4.39. The zero-order chi connectivity index (χ0) is 25.9. The van der Waals surface area contributed by atoms with E-state index in [0.717, 1.165) is 67.5 Å². The van der Waals surface area contributed by atoms with Crippen molar-refractivity contribution in [1.82, 2.24) is 30.1 Å². The summed E-state index contributed by atoms with van der Waals surface area (Å²) in [6, 6.07) is 11.2. The molecule has 0 spiro atoms. The van der Waals surface area contributed by atoms with E-state index in [1.165, 1.54) is 0 Å². The van der Waals surface area contributed by atoms with Crippen molar-refractivity contribution in [2.24, 2.45) is 0 Å². The van der Waals surface area contributed by atoms with Gasteiger partial charge in [0.05, 0.1) is 31.6 Å². The Morgan fingerprint density at radius 1 is 1.18 bits per heavy atom. The number of hydrogen-bond acceptors (Lipinski definition) is 8. The van der Waals surface area contributed by atoms with Crippen molar-refractivity contribution in [3.63, 3.8) is 0 Å². The van der Waals surface area contributed by atoms with Gasteiger partial charge < -0.3 is 18.9 Å². The van der Waals surface area contributed by atoms with Crippen LogP contribution < -0.4 is 10.3 Å². The molecule has 10 nitrogen and oxygen atoms in total. The van der Waals surface area contributed by atoms with Crippen molar-refractivity contribution in [3.8, 4) is 5.75 Å². The first-order valence-electron chi connectivity index (χ1n) is 13.6. The molecule has 0 radical (unpaired) electrons. The lowest BCUT2D eigenvalue weighted by Gasteiger charge is -2.32. The summed E-state index contributed by atoms with van der Waals surface area (Å²) in [6.07, 6.45) is 8.10. The highest BCUT2D eigenvalue weighted by molar-refractivity contribution is 5.80. The first kappa shape index (κ1) is 24.8. The van der Waals surface area contributed by atoms with Crippen molar-refractivity contribution < 1.29 is 13.9 Å². The standard InChI is InChI=1S/C28H34N6O4/c1-2-36-21-11-12-25-19(15-21)16-24(28(35)29-25)26(27-30-31-32-34(27)20-7-3-4-8-20)33(17-22-9-5-13-37-22)18-23-10-6-14-38-23/h5,9,11-13,15-16,20,23,26H,2-4,6-8,10,14,17-18H2,1H3,(H,29,35). The van der Waals surface area contributed by atoms with Crippen LogP contribution in [0.1, 0.15) is 74.7 Å². The maximum Gasteiger partial charge on any atom is 0.253 e. The number of tetrazole rings is 1. The topological polar surface area (TPSA) is 111 Å². The van der Waals surface area contributed by atoms with Crippen LogP contribution in [0, 0.1) is 0 Å². The summed E-state index contributed by atoms with van der Waals surface area (Å²) in [7, 11) is 0. The Labute approximate surface area is 220 Å². The Morgan fingerprint density at radius 3 is 2.84 bits per heavy atom. The van der Waals surface area contributed by atoms with Crippen LogP contribution in [-0.2, 0) is 11.3 Å². The zero-order valence-electron chi connectivity index (χ0n) is 21.7. The highest BCUT2D eigenvalue weighted by Gasteiger charge is 2.35. The van der Waals surface area contributed by atoms with Gasteiger partial charge in [-0.25, -0.2) is 4.68 Å². The number of fused-ring (bicyclic) bond motifs is 1. The Kier molecular flexibility index (Phi) is 7.24. The van der Waals surface area contributed by atoms with Crippen LogP contribution in [0.25, 0.3) is 10.9 Å². The van der Waals surface area contributed by atoms with Gasteiger partial charge in [0.1, 0.15) is 17.6 Å². The molecule has 200 valence electrons. The second-order valence-electron chi connectivity index (χ2n) is 10.2. The monoisotopic (exact) mass is 518 g/mol. The fourth-order valence-electron chi connectivity index (χ4n) is 5.86. The quantitative estimate of drug-likeness (QED) is 0.329. The van der Waals surface area contributed by atoms with Gasteiger partial charge in [0.15, 0.2) is 5.82 Å². The molecule has 6 rings (SSSR count). The predicted molar refractivity (Wildman–Crippen MR) is 141 cm³/mol. The number of aromatic nitrogens is 5. The molecule has 1 aromatic carbocycles. The molecular weight excluding hydrogens is 484 g/mol. The third-order valence-electron chi connectivity index (χ3n) is 7.65. The number of ether oxygens (including phenoxy) is 2. The fourth-order valence-corrected chi connectivity index (χ4v) is 5.86. The fraction of sp³-hybridized carbons (Fsp3) is 0.500. The smallest absolute Gasteiger partial charge is 0.253 e. The minimum Gasteiger partial charge on any atom is -0.494 e. The van der Waals surface area contributed by atoms with Crippen molar-refractivity contribution >= 4 is 10.9 Å². The van der Waals surface area contributed by atoms with E-state index in [9.17, 15) is 4.79 Å². The number of nitrogens with zero attached hydrogens (tertiary/aromatic N) is 5. The van der Waals surface area contributed by atoms with Gasteiger partial charge in [-0.1, -0.05) is 12.8 Å². The largest absolute Gasteiger partial charge is 0.494 e. The summed E-state index contributed by atoms with van der Waals surface area (Å²) in [5.74, 6) is 2.24. The van der Waals surface area contributed by atoms with Crippen LogP contribution >= 0.6 is 0 Å². The van der Waals surface area contributed by atoms with Gasteiger partial charge in [0.25, 0.3) is 5.56 Å². The number of H-pyrrole nitrogens is 1. The van der Waals surface area contributed by atoms with Crippen molar-refractivity contribution in [2.45, 2.75) is 70.2 Å². The molecule has 1 saturated carbocycles. The number of furan rings is 1. The molecule has 1 N–H and O–H groups in total. The number of nitrogens with one attached hydrogen (secondary N) is 1. The second-order valence-corrected chi connectivity index (χ2v) is 10.2. The molecule has 3 aromatic heterocycles. The van der Waals surface area contributed by atoms with E-state index in [4.69, 9.17) is 13.9 Å². The molecule has 10 heteroatoms. The van der Waals surface area contributed by atoms with E-state index in [-0.39, 0.29) is 17.7 Å². The van der Waals surface area contributed by atoms with Crippen LogP contribution in [0.3, 0.4) is 0 Å². The van der Waals surface area contributed by atoms with Crippen LogP contribution in [-0.4, -0.2) is 56.0 Å². The molecule has 4 heterocycles. The van der Waals surface area contributed by atoms with Gasteiger partial charge in [0, 0.05) is 29.6 Å². The lowest BCUT2D eigenvalue weighted by Crippen LogP contribution is -2.39. The highest BCUT2D eigenvalue weighted by atomic mass is 16.5. The van der Waals surface area contributed by atoms with Gasteiger partial charge >= 0.3 is 0 Å². The molecular formula is C28H34N6O4. The third-order valence-corrected chi connectivity index (χ3v) is 7.65. The minimum absolute atomic E-state index is 0.0624. The molecule has 38 heavy (non-hydrogen) atoms. The zero-order valence-corrected chi connectivity index (χ0v) is 21.7.